The molecule has 3 rings (SSSR count). The number of hydrogen-bond acceptors (Lipinski definition) is 4. The smallest absolute Gasteiger partial charge is 0.313 e. The van der Waals surface area contributed by atoms with Gasteiger partial charge >= 0.3 is 11.8 Å². The second kappa shape index (κ2) is 8.41. The Bertz CT molecular complexity index is 934. The van der Waals surface area contributed by atoms with Crippen LogP contribution in [0.2, 0.25) is 5.02 Å². The van der Waals surface area contributed by atoms with Gasteiger partial charge in [-0.1, -0.05) is 41.9 Å². The Balaban J connectivity index is 1.71. The van der Waals surface area contributed by atoms with Crippen molar-refractivity contribution in [2.75, 3.05) is 5.32 Å². The van der Waals surface area contributed by atoms with Crippen LogP contribution in [0.1, 0.15) is 11.6 Å². The number of anilines is 1. The fourth-order valence-corrected chi connectivity index (χ4v) is 2.60. The van der Waals surface area contributed by atoms with Crippen LogP contribution in [-0.4, -0.2) is 26.6 Å². The first-order chi connectivity index (χ1) is 13.0. The quantitative estimate of drug-likeness (QED) is 0.658. The highest BCUT2D eigenvalue weighted by atomic mass is 35.5. The molecular weight excluding hydrogens is 373 g/mol. The maximum atomic E-state index is 13.2. The summed E-state index contributed by atoms with van der Waals surface area (Å²) in [7, 11) is 0. The molecule has 1 heterocycles. The van der Waals surface area contributed by atoms with Crippen LogP contribution in [-0.2, 0) is 16.1 Å². The normalized spacial score (nSPS) is 11.6. The van der Waals surface area contributed by atoms with Gasteiger partial charge in [0, 0.05) is 5.69 Å². The summed E-state index contributed by atoms with van der Waals surface area (Å²) in [5, 5.41) is 8.93. The predicted octanol–water partition coefficient (Wildman–Crippen LogP) is 2.57. The number of amides is 2. The van der Waals surface area contributed by atoms with Gasteiger partial charge in [0.15, 0.2) is 0 Å². The summed E-state index contributed by atoms with van der Waals surface area (Å²) in [6, 6.07) is 12.3. The molecule has 0 saturated carbocycles. The molecule has 2 N–H and O–H groups in total. The van der Waals surface area contributed by atoms with Gasteiger partial charge < -0.3 is 10.6 Å². The average Bonchev–Trinajstić information content (AvgIpc) is 3.18. The van der Waals surface area contributed by atoms with Crippen molar-refractivity contribution in [1.82, 2.24) is 20.1 Å². The zero-order valence-electron chi connectivity index (χ0n) is 14.0. The molecule has 27 heavy (non-hydrogen) atoms. The van der Waals surface area contributed by atoms with Crippen molar-refractivity contribution in [3.63, 3.8) is 0 Å². The van der Waals surface area contributed by atoms with Gasteiger partial charge in [-0.2, -0.15) is 5.10 Å². The van der Waals surface area contributed by atoms with Crippen LogP contribution in [0.4, 0.5) is 10.1 Å². The molecule has 0 aliphatic carbocycles. The highest BCUT2D eigenvalue weighted by Gasteiger charge is 2.21. The fourth-order valence-electron chi connectivity index (χ4n) is 2.42. The first-order valence-electron chi connectivity index (χ1n) is 7.97. The minimum absolute atomic E-state index is 0.151. The van der Waals surface area contributed by atoms with E-state index >= 15 is 0 Å². The van der Waals surface area contributed by atoms with E-state index in [1.54, 1.807) is 4.68 Å². The molecule has 1 atom stereocenters. The molecule has 0 aliphatic heterocycles. The van der Waals surface area contributed by atoms with E-state index in [4.69, 9.17) is 11.6 Å². The summed E-state index contributed by atoms with van der Waals surface area (Å²) < 4.78 is 14.7. The zero-order valence-corrected chi connectivity index (χ0v) is 14.7. The summed E-state index contributed by atoms with van der Waals surface area (Å²) in [5.74, 6) is -2.35. The first kappa shape index (κ1) is 18.5. The lowest BCUT2D eigenvalue weighted by atomic mass is 10.1. The topological polar surface area (TPSA) is 88.9 Å². The SMILES string of the molecule is O=C(Nc1ccc(F)c(Cl)c1)C(=O)N[C@H](Cn1cncn1)c1ccccc1. The first-order valence-corrected chi connectivity index (χ1v) is 8.35. The van der Waals surface area contributed by atoms with Gasteiger partial charge in [0.1, 0.15) is 18.5 Å². The maximum absolute atomic E-state index is 13.2. The Labute approximate surface area is 159 Å². The van der Waals surface area contributed by atoms with Crippen molar-refractivity contribution < 1.29 is 14.0 Å². The molecule has 1 aromatic heterocycles. The van der Waals surface area contributed by atoms with Crippen LogP contribution >= 0.6 is 11.6 Å². The molecule has 7 nitrogen and oxygen atoms in total. The number of aromatic nitrogens is 3. The van der Waals surface area contributed by atoms with Gasteiger partial charge in [-0.3, -0.25) is 14.3 Å². The molecule has 138 valence electrons. The number of hydrogen-bond donors (Lipinski definition) is 2. The van der Waals surface area contributed by atoms with Crippen molar-refractivity contribution in [3.05, 3.63) is 77.6 Å². The van der Waals surface area contributed by atoms with Crippen LogP contribution in [0.25, 0.3) is 0 Å². The summed E-state index contributed by atoms with van der Waals surface area (Å²) >= 11 is 5.68. The second-order valence-corrected chi connectivity index (χ2v) is 6.04. The Hall–Kier alpha value is -3.26. The van der Waals surface area contributed by atoms with Gasteiger partial charge in [0.05, 0.1) is 17.6 Å². The Morgan fingerprint density at radius 2 is 1.93 bits per heavy atom. The molecule has 0 spiro atoms. The third-order valence-electron chi connectivity index (χ3n) is 3.73. The molecule has 0 saturated heterocycles. The lowest BCUT2D eigenvalue weighted by molar-refractivity contribution is -0.136. The van der Waals surface area contributed by atoms with E-state index in [1.807, 2.05) is 30.3 Å². The minimum Gasteiger partial charge on any atom is -0.339 e. The monoisotopic (exact) mass is 387 g/mol. The van der Waals surface area contributed by atoms with Crippen molar-refractivity contribution in [2.45, 2.75) is 12.6 Å². The van der Waals surface area contributed by atoms with Crippen molar-refractivity contribution in [2.24, 2.45) is 0 Å². The Morgan fingerprint density at radius 3 is 2.59 bits per heavy atom. The number of carbonyl (C=O) groups is 2. The molecule has 0 radical (unpaired) electrons. The number of benzene rings is 2. The number of nitrogens with zero attached hydrogens (tertiary/aromatic N) is 3. The predicted molar refractivity (Wildman–Crippen MR) is 97.4 cm³/mol. The maximum Gasteiger partial charge on any atom is 0.313 e. The summed E-state index contributed by atoms with van der Waals surface area (Å²) in [6.07, 6.45) is 2.90. The fraction of sp³-hybridized carbons (Fsp3) is 0.111. The van der Waals surface area contributed by atoms with Gasteiger partial charge in [0.2, 0.25) is 0 Å². The van der Waals surface area contributed by atoms with E-state index in [0.717, 1.165) is 11.6 Å². The highest BCUT2D eigenvalue weighted by molar-refractivity contribution is 6.40. The molecule has 0 unspecified atom stereocenters. The molecule has 0 aliphatic rings. The Morgan fingerprint density at radius 1 is 1.15 bits per heavy atom. The molecule has 2 aromatic carbocycles. The number of halogens is 2. The lowest BCUT2D eigenvalue weighted by Gasteiger charge is -2.19. The van der Waals surface area contributed by atoms with Crippen molar-refractivity contribution >= 4 is 29.1 Å². The van der Waals surface area contributed by atoms with Gasteiger partial charge in [-0.15, -0.1) is 0 Å². The average molecular weight is 388 g/mol. The van der Waals surface area contributed by atoms with E-state index < -0.39 is 23.7 Å². The number of nitrogens with one attached hydrogen (secondary N) is 2. The van der Waals surface area contributed by atoms with E-state index in [9.17, 15) is 14.0 Å². The largest absolute Gasteiger partial charge is 0.339 e. The Kier molecular flexibility index (Phi) is 5.77. The van der Waals surface area contributed by atoms with E-state index in [1.165, 1.54) is 24.8 Å². The van der Waals surface area contributed by atoms with Gasteiger partial charge in [0.25, 0.3) is 0 Å². The highest BCUT2D eigenvalue weighted by Crippen LogP contribution is 2.19. The van der Waals surface area contributed by atoms with Crippen LogP contribution in [0, 0.1) is 5.82 Å². The molecule has 9 heteroatoms. The van der Waals surface area contributed by atoms with Crippen molar-refractivity contribution in [3.8, 4) is 0 Å². The lowest BCUT2D eigenvalue weighted by Crippen LogP contribution is -2.39. The van der Waals surface area contributed by atoms with Gasteiger partial charge in [-0.05, 0) is 23.8 Å². The second-order valence-electron chi connectivity index (χ2n) is 5.64. The van der Waals surface area contributed by atoms with Crippen LogP contribution in [0.5, 0.6) is 0 Å². The van der Waals surface area contributed by atoms with E-state index in [2.05, 4.69) is 20.7 Å². The molecule has 0 fully saturated rings. The van der Waals surface area contributed by atoms with Crippen LogP contribution < -0.4 is 10.6 Å². The molecule has 3 aromatic rings. The third kappa shape index (κ3) is 4.89. The third-order valence-corrected chi connectivity index (χ3v) is 4.02. The minimum atomic E-state index is -0.891. The number of rotatable bonds is 5. The van der Waals surface area contributed by atoms with Crippen molar-refractivity contribution in [1.29, 1.82) is 0 Å². The zero-order chi connectivity index (χ0) is 19.2. The van der Waals surface area contributed by atoms with E-state index in [-0.39, 0.29) is 10.7 Å². The van der Waals surface area contributed by atoms with E-state index in [0.29, 0.717) is 6.54 Å². The summed E-state index contributed by atoms with van der Waals surface area (Å²) in [5.41, 5.74) is 1.02. The molecule has 2 amide bonds. The van der Waals surface area contributed by atoms with Crippen LogP contribution in [0.15, 0.2) is 61.2 Å². The van der Waals surface area contributed by atoms with Crippen LogP contribution in [0.3, 0.4) is 0 Å². The van der Waals surface area contributed by atoms with Gasteiger partial charge in [-0.25, -0.2) is 9.37 Å². The standard InChI is InChI=1S/C18H15ClFN5O2/c19-14-8-13(6-7-15(14)20)23-17(26)18(27)24-16(9-25-11-21-10-22-25)12-4-2-1-3-5-12/h1-8,10-11,16H,9H2,(H,23,26)(H,24,27)/t16-/m1/s1. The summed E-state index contributed by atoms with van der Waals surface area (Å²) in [6.45, 7) is 0.297. The molecular formula is C18H15ClFN5O2. The molecule has 0 bridgehead atoms. The number of carbonyl (C=O) groups excluding carboxylic acids is 2. The summed E-state index contributed by atoms with van der Waals surface area (Å²) in [4.78, 5) is 28.4.